The average Bonchev–Trinajstić information content (AvgIpc) is 3.40. The van der Waals surface area contributed by atoms with Crippen LogP contribution in [0.25, 0.3) is 11.1 Å². The maximum atomic E-state index is 15.5. The highest BCUT2D eigenvalue weighted by Crippen LogP contribution is 2.54. The highest BCUT2D eigenvalue weighted by atomic mass is 19.4. The van der Waals surface area contributed by atoms with Crippen LogP contribution in [-0.4, -0.2) is 48.5 Å². The molecule has 2 amide bonds. The summed E-state index contributed by atoms with van der Waals surface area (Å²) in [6.07, 6.45) is 1.94. The number of hydrogen-bond donors (Lipinski definition) is 3. The van der Waals surface area contributed by atoms with E-state index in [4.69, 9.17) is 9.57 Å². The molecule has 8 rings (SSSR count). The van der Waals surface area contributed by atoms with Crippen molar-refractivity contribution in [3.8, 4) is 16.9 Å². The summed E-state index contributed by atoms with van der Waals surface area (Å²) in [5.41, 5.74) is 1.48. The van der Waals surface area contributed by atoms with Gasteiger partial charge in [0.15, 0.2) is 0 Å². The van der Waals surface area contributed by atoms with Crippen LogP contribution in [0.1, 0.15) is 60.0 Å². The number of benzene rings is 3. The van der Waals surface area contributed by atoms with Gasteiger partial charge in [-0.05, 0) is 104 Å². The molecule has 4 saturated carbocycles. The molecular weight excluding hydrogens is 697 g/mol. The summed E-state index contributed by atoms with van der Waals surface area (Å²) in [5.74, 6) is -3.60. The Morgan fingerprint density at radius 1 is 0.943 bits per heavy atom. The number of aliphatic hydroxyl groups excluding tert-OH is 1. The fraction of sp³-hybridized carbons (Fsp3) is 0.425. The number of nitrogens with one attached hydrogen (secondary N) is 2. The number of oxime groups is 1. The van der Waals surface area contributed by atoms with Crippen LogP contribution in [0.3, 0.4) is 0 Å². The number of hydrogen-bond acceptors (Lipinski definition) is 6. The first-order valence-electron chi connectivity index (χ1n) is 18.0. The lowest BCUT2D eigenvalue weighted by Gasteiger charge is -2.30. The van der Waals surface area contributed by atoms with Crippen LogP contribution >= 0.6 is 0 Å². The van der Waals surface area contributed by atoms with E-state index >= 15 is 4.39 Å². The third kappa shape index (κ3) is 6.57. The highest BCUT2D eigenvalue weighted by Gasteiger charge is 2.55. The molecule has 13 heteroatoms. The number of aliphatic hydroxyl groups is 1. The van der Waals surface area contributed by atoms with E-state index in [2.05, 4.69) is 21.9 Å². The van der Waals surface area contributed by atoms with Crippen molar-refractivity contribution < 1.29 is 46.2 Å². The van der Waals surface area contributed by atoms with Crippen LogP contribution in [0, 0.1) is 47.1 Å². The van der Waals surface area contributed by atoms with Gasteiger partial charge < -0.3 is 25.3 Å². The molecule has 0 radical (unpaired) electrons. The van der Waals surface area contributed by atoms with E-state index in [1.807, 2.05) is 0 Å². The number of carbonyl (C=O) groups is 2. The number of halogens is 5. The zero-order chi connectivity index (χ0) is 37.2. The minimum absolute atomic E-state index is 0.0249. The molecule has 5 aliphatic rings. The van der Waals surface area contributed by atoms with E-state index in [9.17, 15) is 32.3 Å². The van der Waals surface area contributed by atoms with Gasteiger partial charge in [0.05, 0.1) is 29.9 Å². The number of ether oxygens (including phenoxy) is 1. The molecule has 6 unspecified atom stereocenters. The van der Waals surface area contributed by atoms with E-state index in [1.54, 1.807) is 24.3 Å². The van der Waals surface area contributed by atoms with Gasteiger partial charge >= 0.3 is 6.18 Å². The maximum Gasteiger partial charge on any atom is 0.419 e. The van der Waals surface area contributed by atoms with Crippen LogP contribution in [0.2, 0.25) is 0 Å². The molecule has 8 nitrogen and oxygen atoms in total. The van der Waals surface area contributed by atoms with Crippen molar-refractivity contribution in [1.82, 2.24) is 5.32 Å². The van der Waals surface area contributed by atoms with Gasteiger partial charge in [-0.1, -0.05) is 28.9 Å². The molecule has 1 heterocycles. The Kier molecular flexibility index (Phi) is 9.03. The Labute approximate surface area is 302 Å². The molecule has 278 valence electrons. The van der Waals surface area contributed by atoms with Crippen molar-refractivity contribution >= 4 is 23.2 Å². The summed E-state index contributed by atoms with van der Waals surface area (Å²) in [4.78, 5) is 33.7. The monoisotopic (exact) mass is 735 g/mol. The summed E-state index contributed by atoms with van der Waals surface area (Å²) in [5, 5.41) is 19.6. The third-order valence-electron chi connectivity index (χ3n) is 11.6. The van der Waals surface area contributed by atoms with Crippen LogP contribution in [0.4, 0.5) is 27.6 Å². The summed E-state index contributed by atoms with van der Waals surface area (Å²) < 4.78 is 75.4. The number of carbonyl (C=O) groups excluding carboxylic acids is 2. The number of allylic oxidation sites excluding steroid dienone is 1. The molecule has 3 N–H and O–H groups in total. The molecular formula is C40H38F5N3O5. The van der Waals surface area contributed by atoms with E-state index in [0.717, 1.165) is 30.9 Å². The first kappa shape index (κ1) is 35.3. The van der Waals surface area contributed by atoms with Gasteiger partial charge in [-0.2, -0.15) is 13.2 Å². The van der Waals surface area contributed by atoms with Gasteiger partial charge in [-0.25, -0.2) is 8.78 Å². The Morgan fingerprint density at radius 2 is 1.70 bits per heavy atom. The van der Waals surface area contributed by atoms with Crippen LogP contribution in [0.5, 0.6) is 5.75 Å². The minimum atomic E-state index is -4.95. The minimum Gasteiger partial charge on any atom is -0.496 e. The van der Waals surface area contributed by atoms with Crippen molar-refractivity contribution in [3.63, 3.8) is 0 Å². The average molecular weight is 736 g/mol. The van der Waals surface area contributed by atoms with Gasteiger partial charge in [-0.15, -0.1) is 0 Å². The van der Waals surface area contributed by atoms with Crippen LogP contribution in [-0.2, 0) is 15.8 Å². The first-order valence-corrected chi connectivity index (χ1v) is 18.0. The number of nitrogens with zero attached hydrogens (tertiary/aromatic N) is 1. The lowest BCUT2D eigenvalue weighted by atomic mass is 9.83. The second-order valence-electron chi connectivity index (χ2n) is 14.9. The van der Waals surface area contributed by atoms with Gasteiger partial charge in [0, 0.05) is 41.3 Å². The van der Waals surface area contributed by atoms with Crippen molar-refractivity contribution in [1.29, 1.82) is 0 Å². The predicted molar refractivity (Wildman–Crippen MR) is 185 cm³/mol. The molecule has 7 atom stereocenters. The number of rotatable bonds is 9. The first-order chi connectivity index (χ1) is 25.4. The van der Waals surface area contributed by atoms with Crippen LogP contribution < -0.4 is 15.4 Å². The predicted octanol–water partition coefficient (Wildman–Crippen LogP) is 7.51. The van der Waals surface area contributed by atoms with Crippen molar-refractivity contribution in [3.05, 3.63) is 94.6 Å². The second kappa shape index (κ2) is 13.6. The van der Waals surface area contributed by atoms with Gasteiger partial charge in [-0.3, -0.25) is 9.59 Å². The standard InChI is InChI=1S/C40H38F5N3O5/c1-52-33-11-5-21(26-16-22(4-9-31(26)41)36-28-13-20(18-49)14-34(28)53-48-36)15-29(33)38(50)47-37-25-8-7-24(27(25)12-19-2-3-19)35(37)39(51)46-23-6-10-32(42)30(17-23)40(43,44)45/h4-6,9-12,15-17,19-20,24-25,28,34-35,37,49H,2-3,7-8,13-14,18H2,1H3,(H,46,51)(H,47,50)/b27-12-/t20?,24?,25?,28?,34?,35-,37?/m0/s1. The van der Waals surface area contributed by atoms with Crippen LogP contribution in [0.15, 0.2) is 71.4 Å². The highest BCUT2D eigenvalue weighted by molar-refractivity contribution is 6.04. The summed E-state index contributed by atoms with van der Waals surface area (Å²) in [6, 6.07) is 11.0. The van der Waals surface area contributed by atoms with E-state index in [1.165, 1.54) is 19.2 Å². The molecule has 4 aliphatic carbocycles. The molecule has 2 bridgehead atoms. The Balaban J connectivity index is 1.08. The number of alkyl halides is 3. The Morgan fingerprint density at radius 3 is 2.43 bits per heavy atom. The quantitative estimate of drug-likeness (QED) is 0.156. The number of anilines is 1. The van der Waals surface area contributed by atoms with Gasteiger partial charge in [0.2, 0.25) is 5.91 Å². The Bertz CT molecular complexity index is 2030. The number of amides is 2. The van der Waals surface area contributed by atoms with E-state index in [-0.39, 0.29) is 58.9 Å². The molecule has 53 heavy (non-hydrogen) atoms. The molecule has 0 aromatic heterocycles. The molecule has 0 saturated heterocycles. The number of methoxy groups -OCH3 is 1. The lowest BCUT2D eigenvalue weighted by Crippen LogP contribution is -2.48. The van der Waals surface area contributed by atoms with E-state index < -0.39 is 47.1 Å². The zero-order valence-corrected chi connectivity index (χ0v) is 28.8. The molecule has 3 aromatic carbocycles. The largest absolute Gasteiger partial charge is 0.496 e. The fourth-order valence-corrected chi connectivity index (χ4v) is 8.91. The molecule has 0 spiro atoms. The normalized spacial score (nSPS) is 28.1. The Hall–Kier alpha value is -4.78. The summed E-state index contributed by atoms with van der Waals surface area (Å²) >= 11 is 0. The topological polar surface area (TPSA) is 109 Å². The smallest absolute Gasteiger partial charge is 0.419 e. The summed E-state index contributed by atoms with van der Waals surface area (Å²) in [6.45, 7) is 0.0534. The zero-order valence-electron chi connectivity index (χ0n) is 28.8. The van der Waals surface area contributed by atoms with Crippen molar-refractivity contribution in [2.45, 2.75) is 56.8 Å². The molecule has 1 aliphatic heterocycles. The van der Waals surface area contributed by atoms with Gasteiger partial charge in [0.1, 0.15) is 23.5 Å². The number of fused-ring (bicyclic) bond motifs is 3. The van der Waals surface area contributed by atoms with Crippen molar-refractivity contribution in [2.75, 3.05) is 19.0 Å². The fourth-order valence-electron chi connectivity index (χ4n) is 8.91. The second-order valence-corrected chi connectivity index (χ2v) is 14.9. The molecule has 3 aromatic rings. The summed E-state index contributed by atoms with van der Waals surface area (Å²) in [7, 11) is 1.41. The van der Waals surface area contributed by atoms with Crippen molar-refractivity contribution in [2.24, 2.45) is 40.7 Å². The van der Waals surface area contributed by atoms with E-state index in [0.29, 0.717) is 54.2 Å². The third-order valence-corrected chi connectivity index (χ3v) is 11.6. The molecule has 4 fully saturated rings. The lowest BCUT2D eigenvalue weighted by molar-refractivity contribution is -0.140. The van der Waals surface area contributed by atoms with Gasteiger partial charge in [0.25, 0.3) is 5.91 Å². The SMILES string of the molecule is COc1ccc(-c2cc(C3=NOC4CC(CO)CC34)ccc2F)cc1C(=O)NC1C2CCC(/C2=C/C2CC2)[C@@H]1C(=O)Nc1ccc(F)c(C(F)(F)F)c1. The maximum absolute atomic E-state index is 15.5.